The van der Waals surface area contributed by atoms with Crippen molar-refractivity contribution in [3.05, 3.63) is 35.4 Å². The Morgan fingerprint density at radius 1 is 1.39 bits per heavy atom. The summed E-state index contributed by atoms with van der Waals surface area (Å²) < 4.78 is 0. The van der Waals surface area contributed by atoms with E-state index in [1.807, 2.05) is 0 Å². The molecule has 2 nitrogen and oxygen atoms in total. The molecule has 2 rings (SSSR count). The van der Waals surface area contributed by atoms with E-state index in [4.69, 9.17) is 5.11 Å². The van der Waals surface area contributed by atoms with Crippen LogP contribution in [0.3, 0.4) is 0 Å². The van der Waals surface area contributed by atoms with Crippen molar-refractivity contribution in [2.75, 3.05) is 6.61 Å². The topological polar surface area (TPSA) is 32.3 Å². The zero-order valence-corrected chi connectivity index (χ0v) is 11.7. The molecule has 1 aliphatic carbocycles. The van der Waals surface area contributed by atoms with Crippen LogP contribution in [0.2, 0.25) is 0 Å². The van der Waals surface area contributed by atoms with Crippen LogP contribution >= 0.6 is 0 Å². The molecule has 0 aromatic heterocycles. The maximum absolute atomic E-state index is 9.13. The highest BCUT2D eigenvalue weighted by Crippen LogP contribution is 2.45. The minimum Gasteiger partial charge on any atom is -0.396 e. The zero-order chi connectivity index (χ0) is 13.2. The van der Waals surface area contributed by atoms with Crippen LogP contribution in [0.25, 0.3) is 0 Å². The summed E-state index contributed by atoms with van der Waals surface area (Å²) in [6, 6.07) is 9.55. The molecule has 0 saturated carbocycles. The molecule has 1 aliphatic rings. The van der Waals surface area contributed by atoms with Crippen molar-refractivity contribution in [2.24, 2.45) is 5.41 Å². The van der Waals surface area contributed by atoms with Crippen molar-refractivity contribution in [3.63, 3.8) is 0 Å². The van der Waals surface area contributed by atoms with Crippen LogP contribution < -0.4 is 5.32 Å². The average molecular weight is 247 g/mol. The first-order valence-electron chi connectivity index (χ1n) is 7.03. The minimum atomic E-state index is 0.257. The van der Waals surface area contributed by atoms with Gasteiger partial charge in [-0.2, -0.15) is 0 Å². The molecule has 2 unspecified atom stereocenters. The lowest BCUT2D eigenvalue weighted by molar-refractivity contribution is 0.213. The van der Waals surface area contributed by atoms with Crippen molar-refractivity contribution >= 4 is 0 Å². The first-order chi connectivity index (χ1) is 8.58. The van der Waals surface area contributed by atoms with Crippen LogP contribution in [-0.4, -0.2) is 17.8 Å². The number of fused-ring (bicyclic) bond motifs is 1. The highest BCUT2D eigenvalue weighted by Gasteiger charge is 2.39. The van der Waals surface area contributed by atoms with Gasteiger partial charge in [-0.25, -0.2) is 0 Å². The summed E-state index contributed by atoms with van der Waals surface area (Å²) in [6.07, 6.45) is 3.04. The molecule has 0 aliphatic heterocycles. The van der Waals surface area contributed by atoms with E-state index in [-0.39, 0.29) is 12.0 Å². The van der Waals surface area contributed by atoms with Crippen LogP contribution in [0, 0.1) is 5.41 Å². The maximum Gasteiger partial charge on any atom is 0.0445 e. The first-order valence-corrected chi connectivity index (χ1v) is 7.03. The predicted octanol–water partition coefficient (Wildman–Crippen LogP) is 3.06. The summed E-state index contributed by atoms with van der Waals surface area (Å²) in [4.78, 5) is 0. The quantitative estimate of drug-likeness (QED) is 0.838. The highest BCUT2D eigenvalue weighted by molar-refractivity contribution is 5.37. The lowest BCUT2D eigenvalue weighted by Gasteiger charge is -2.32. The average Bonchev–Trinajstić information content (AvgIpc) is 2.59. The van der Waals surface area contributed by atoms with Gasteiger partial charge in [0.1, 0.15) is 0 Å². The molecule has 0 radical (unpaired) electrons. The fourth-order valence-corrected chi connectivity index (χ4v) is 3.10. The van der Waals surface area contributed by atoms with Crippen molar-refractivity contribution in [3.8, 4) is 0 Å². The number of hydrogen-bond donors (Lipinski definition) is 2. The minimum absolute atomic E-state index is 0.257. The molecule has 2 heteroatoms. The Labute approximate surface area is 110 Å². The first kappa shape index (κ1) is 13.6. The molecule has 1 aromatic carbocycles. The second-order valence-corrected chi connectivity index (χ2v) is 6.08. The van der Waals surface area contributed by atoms with Crippen LogP contribution in [0.15, 0.2) is 24.3 Å². The predicted molar refractivity (Wildman–Crippen MR) is 75.6 cm³/mol. The summed E-state index contributed by atoms with van der Waals surface area (Å²) in [6.45, 7) is 7.11. The normalized spacial score (nSPS) is 22.8. The van der Waals surface area contributed by atoms with Gasteiger partial charge in [0, 0.05) is 18.7 Å². The molecule has 2 N–H and O–H groups in total. The van der Waals surface area contributed by atoms with Gasteiger partial charge in [0.25, 0.3) is 0 Å². The van der Waals surface area contributed by atoms with E-state index < -0.39 is 0 Å². The van der Waals surface area contributed by atoms with Gasteiger partial charge in [-0.3, -0.25) is 0 Å². The molecule has 0 fully saturated rings. The Kier molecular flexibility index (Phi) is 4.08. The Morgan fingerprint density at radius 2 is 2.11 bits per heavy atom. The molecule has 0 bridgehead atoms. The lowest BCUT2D eigenvalue weighted by atomic mass is 9.84. The van der Waals surface area contributed by atoms with Crippen molar-refractivity contribution < 1.29 is 5.11 Å². The van der Waals surface area contributed by atoms with Crippen LogP contribution in [-0.2, 0) is 6.42 Å². The molecule has 100 valence electrons. The third kappa shape index (κ3) is 2.60. The van der Waals surface area contributed by atoms with E-state index in [0.29, 0.717) is 12.1 Å². The molecule has 0 amide bonds. The largest absolute Gasteiger partial charge is 0.396 e. The smallest absolute Gasteiger partial charge is 0.0445 e. The lowest BCUT2D eigenvalue weighted by Crippen LogP contribution is -2.38. The molecule has 18 heavy (non-hydrogen) atoms. The third-order valence-corrected chi connectivity index (χ3v) is 4.17. The molecule has 0 spiro atoms. The van der Waals surface area contributed by atoms with Crippen molar-refractivity contribution in [2.45, 2.75) is 52.1 Å². The Bertz CT molecular complexity index is 400. The van der Waals surface area contributed by atoms with Crippen LogP contribution in [0.4, 0.5) is 0 Å². The Balaban J connectivity index is 2.20. The molecule has 2 atom stereocenters. The van der Waals surface area contributed by atoms with Crippen molar-refractivity contribution in [1.29, 1.82) is 0 Å². The van der Waals surface area contributed by atoms with E-state index in [1.165, 1.54) is 11.1 Å². The number of benzene rings is 1. The highest BCUT2D eigenvalue weighted by atomic mass is 16.3. The van der Waals surface area contributed by atoms with E-state index in [9.17, 15) is 0 Å². The maximum atomic E-state index is 9.13. The monoisotopic (exact) mass is 247 g/mol. The van der Waals surface area contributed by atoms with Crippen LogP contribution in [0.1, 0.15) is 50.8 Å². The van der Waals surface area contributed by atoms with E-state index >= 15 is 0 Å². The summed E-state index contributed by atoms with van der Waals surface area (Å²) in [5.41, 5.74) is 3.17. The number of hydrogen-bond acceptors (Lipinski definition) is 2. The number of nitrogens with one attached hydrogen (secondary N) is 1. The van der Waals surface area contributed by atoms with Gasteiger partial charge in [0.15, 0.2) is 0 Å². The summed E-state index contributed by atoms with van der Waals surface area (Å²) in [5, 5.41) is 12.9. The number of aliphatic hydroxyl groups excluding tert-OH is 1. The summed E-state index contributed by atoms with van der Waals surface area (Å²) >= 11 is 0. The molecule has 0 heterocycles. The standard InChI is InChI=1S/C16H25NO/c1-4-13(9-10-18)17-15-14-8-6-5-7-12(14)11-16(15,2)3/h5-8,13,15,17-18H,4,9-11H2,1-3H3. The molecule has 0 saturated heterocycles. The molecule has 1 aromatic rings. The van der Waals surface area contributed by atoms with Gasteiger partial charge in [-0.1, -0.05) is 45.0 Å². The van der Waals surface area contributed by atoms with Gasteiger partial charge in [-0.15, -0.1) is 0 Å². The third-order valence-electron chi connectivity index (χ3n) is 4.17. The number of rotatable bonds is 5. The fraction of sp³-hybridized carbons (Fsp3) is 0.625. The second-order valence-electron chi connectivity index (χ2n) is 6.08. The fourth-order valence-electron chi connectivity index (χ4n) is 3.10. The number of aliphatic hydroxyl groups is 1. The zero-order valence-electron chi connectivity index (χ0n) is 11.7. The summed E-state index contributed by atoms with van der Waals surface area (Å²) in [7, 11) is 0. The van der Waals surface area contributed by atoms with Gasteiger partial charge < -0.3 is 10.4 Å². The van der Waals surface area contributed by atoms with E-state index in [2.05, 4.69) is 50.4 Å². The SMILES string of the molecule is CCC(CCO)NC1c2ccccc2CC1(C)C. The van der Waals surface area contributed by atoms with Crippen LogP contribution in [0.5, 0.6) is 0 Å². The van der Waals surface area contributed by atoms with E-state index in [1.54, 1.807) is 0 Å². The van der Waals surface area contributed by atoms with Gasteiger partial charge in [-0.05, 0) is 35.8 Å². The Morgan fingerprint density at radius 3 is 2.78 bits per heavy atom. The van der Waals surface area contributed by atoms with Gasteiger partial charge >= 0.3 is 0 Å². The molecular formula is C16H25NO. The van der Waals surface area contributed by atoms with Gasteiger partial charge in [0.05, 0.1) is 0 Å². The van der Waals surface area contributed by atoms with E-state index in [0.717, 1.165) is 19.3 Å². The molecular weight excluding hydrogens is 222 g/mol. The second kappa shape index (κ2) is 5.41. The summed E-state index contributed by atoms with van der Waals surface area (Å²) in [5.74, 6) is 0. The van der Waals surface area contributed by atoms with Crippen molar-refractivity contribution in [1.82, 2.24) is 5.32 Å². The Hall–Kier alpha value is -0.860. The van der Waals surface area contributed by atoms with Gasteiger partial charge in [0.2, 0.25) is 0 Å².